The van der Waals surface area contributed by atoms with Crippen molar-refractivity contribution < 1.29 is 9.90 Å². The number of hydrogen-bond donors (Lipinski definition) is 2. The van der Waals surface area contributed by atoms with Gasteiger partial charge in [0.1, 0.15) is 5.69 Å². The molecular formula is C14H21BrN2O2. The number of aromatic nitrogens is 1. The molecule has 1 saturated carbocycles. The highest BCUT2D eigenvalue weighted by atomic mass is 79.9. The van der Waals surface area contributed by atoms with Crippen molar-refractivity contribution in [2.24, 2.45) is 0 Å². The average Bonchev–Trinajstić information content (AvgIpc) is 2.74. The molecule has 0 atom stereocenters. The zero-order chi connectivity index (χ0) is 13.8. The maximum atomic E-state index is 12.3. The number of nitrogens with zero attached hydrogens (tertiary/aromatic N) is 1. The molecule has 1 fully saturated rings. The fourth-order valence-corrected chi connectivity index (χ4v) is 3.03. The van der Waals surface area contributed by atoms with Gasteiger partial charge >= 0.3 is 0 Å². The van der Waals surface area contributed by atoms with Crippen LogP contribution < -0.4 is 5.32 Å². The molecule has 0 saturated heterocycles. The minimum absolute atomic E-state index is 0.0134. The maximum Gasteiger partial charge on any atom is 0.268 e. The van der Waals surface area contributed by atoms with E-state index in [0.717, 1.165) is 43.1 Å². The summed E-state index contributed by atoms with van der Waals surface area (Å²) in [6, 6.07) is 2.06. The van der Waals surface area contributed by atoms with Gasteiger partial charge in [0.25, 0.3) is 5.91 Å². The fraction of sp³-hybridized carbons (Fsp3) is 0.643. The van der Waals surface area contributed by atoms with E-state index in [1.807, 2.05) is 16.8 Å². The van der Waals surface area contributed by atoms with Crippen LogP contribution in [0.1, 0.15) is 49.5 Å². The molecule has 1 aromatic heterocycles. The minimum atomic E-state index is -0.189. The van der Waals surface area contributed by atoms with Gasteiger partial charge in [-0.05, 0) is 54.1 Å². The lowest BCUT2D eigenvalue weighted by Gasteiger charge is -2.26. The number of carbonyl (C=O) groups excluding carboxylic acids is 1. The van der Waals surface area contributed by atoms with E-state index in [0.29, 0.717) is 5.69 Å². The normalized spacial score (nSPS) is 23.3. The molecule has 5 heteroatoms. The number of halogens is 1. The van der Waals surface area contributed by atoms with Crippen molar-refractivity contribution in [1.29, 1.82) is 0 Å². The number of aryl methyl sites for hydroxylation is 1. The Hall–Kier alpha value is -0.810. The third-order valence-electron chi connectivity index (χ3n) is 3.59. The van der Waals surface area contributed by atoms with Crippen molar-refractivity contribution in [3.8, 4) is 0 Å². The molecule has 4 nitrogen and oxygen atoms in total. The molecule has 1 amide bonds. The van der Waals surface area contributed by atoms with Gasteiger partial charge in [-0.25, -0.2) is 0 Å². The number of hydrogen-bond acceptors (Lipinski definition) is 2. The Morgan fingerprint density at radius 3 is 2.79 bits per heavy atom. The summed E-state index contributed by atoms with van der Waals surface area (Å²) in [5.41, 5.74) is 0.708. The van der Waals surface area contributed by atoms with Crippen LogP contribution >= 0.6 is 15.9 Å². The summed E-state index contributed by atoms with van der Waals surface area (Å²) in [6.07, 6.45) is 6.05. The van der Waals surface area contributed by atoms with Crippen LogP contribution in [0.25, 0.3) is 0 Å². The molecule has 106 valence electrons. The van der Waals surface area contributed by atoms with Gasteiger partial charge in [-0.3, -0.25) is 4.79 Å². The largest absolute Gasteiger partial charge is 0.393 e. The Bertz CT molecular complexity index is 437. The molecule has 1 aliphatic carbocycles. The molecular weight excluding hydrogens is 308 g/mol. The van der Waals surface area contributed by atoms with Gasteiger partial charge in [-0.2, -0.15) is 0 Å². The smallest absolute Gasteiger partial charge is 0.268 e. The Balaban J connectivity index is 1.99. The first-order valence-electron chi connectivity index (χ1n) is 6.94. The molecule has 1 heterocycles. The highest BCUT2D eigenvalue weighted by molar-refractivity contribution is 9.10. The van der Waals surface area contributed by atoms with Gasteiger partial charge in [-0.1, -0.05) is 6.92 Å². The Labute approximate surface area is 122 Å². The summed E-state index contributed by atoms with van der Waals surface area (Å²) in [7, 11) is 0. The molecule has 1 aliphatic rings. The molecule has 2 rings (SSSR count). The van der Waals surface area contributed by atoms with E-state index in [9.17, 15) is 9.90 Å². The lowest BCUT2D eigenvalue weighted by Crippen LogP contribution is -2.39. The van der Waals surface area contributed by atoms with Crippen LogP contribution in [-0.2, 0) is 6.54 Å². The van der Waals surface area contributed by atoms with Crippen LogP contribution in [0.2, 0.25) is 0 Å². The predicted octanol–water partition coefficient (Wildman–Crippen LogP) is 2.69. The fourth-order valence-electron chi connectivity index (χ4n) is 2.57. The molecule has 0 spiro atoms. The lowest BCUT2D eigenvalue weighted by molar-refractivity contribution is 0.0859. The predicted molar refractivity (Wildman–Crippen MR) is 78.2 cm³/mol. The topological polar surface area (TPSA) is 54.3 Å². The van der Waals surface area contributed by atoms with E-state index in [-0.39, 0.29) is 18.1 Å². The number of rotatable bonds is 4. The minimum Gasteiger partial charge on any atom is -0.393 e. The molecule has 2 N–H and O–H groups in total. The number of aliphatic hydroxyl groups is 1. The van der Waals surface area contributed by atoms with Gasteiger partial charge in [0, 0.05) is 23.3 Å². The van der Waals surface area contributed by atoms with Crippen molar-refractivity contribution in [2.45, 2.75) is 57.7 Å². The molecule has 0 aromatic carbocycles. The Kier molecular flexibility index (Phi) is 5.05. The maximum absolute atomic E-state index is 12.3. The lowest BCUT2D eigenvalue weighted by atomic mass is 9.93. The second-order valence-electron chi connectivity index (χ2n) is 5.22. The summed E-state index contributed by atoms with van der Waals surface area (Å²) in [4.78, 5) is 12.3. The summed E-state index contributed by atoms with van der Waals surface area (Å²) in [5, 5.41) is 12.5. The molecule has 1 aromatic rings. The molecule has 19 heavy (non-hydrogen) atoms. The zero-order valence-corrected chi connectivity index (χ0v) is 12.8. The van der Waals surface area contributed by atoms with Crippen LogP contribution in [0.5, 0.6) is 0 Å². The highest BCUT2D eigenvalue weighted by Gasteiger charge is 2.22. The van der Waals surface area contributed by atoms with Crippen LogP contribution in [0.3, 0.4) is 0 Å². The Morgan fingerprint density at radius 1 is 1.47 bits per heavy atom. The summed E-state index contributed by atoms with van der Waals surface area (Å²) >= 11 is 3.42. The van der Waals surface area contributed by atoms with Crippen LogP contribution in [0.4, 0.5) is 0 Å². The quantitative estimate of drug-likeness (QED) is 0.892. The van der Waals surface area contributed by atoms with Crippen molar-refractivity contribution in [3.63, 3.8) is 0 Å². The van der Waals surface area contributed by atoms with E-state index in [1.54, 1.807) is 0 Å². The average molecular weight is 329 g/mol. The number of aliphatic hydroxyl groups excluding tert-OH is 1. The van der Waals surface area contributed by atoms with Gasteiger partial charge in [0.2, 0.25) is 0 Å². The second kappa shape index (κ2) is 6.57. The molecule has 0 radical (unpaired) electrons. The van der Waals surface area contributed by atoms with Gasteiger partial charge in [0.05, 0.1) is 6.10 Å². The second-order valence-corrected chi connectivity index (χ2v) is 6.13. The SMILES string of the molecule is CCCn1cc(Br)cc1C(=O)NC1CCC(O)CC1. The van der Waals surface area contributed by atoms with E-state index >= 15 is 0 Å². The van der Waals surface area contributed by atoms with Gasteiger partial charge < -0.3 is 15.0 Å². The number of nitrogens with one attached hydrogen (secondary N) is 1. The third kappa shape index (κ3) is 3.83. The summed E-state index contributed by atoms with van der Waals surface area (Å²) < 4.78 is 2.92. The first kappa shape index (κ1) is 14.6. The van der Waals surface area contributed by atoms with Crippen molar-refractivity contribution in [3.05, 3.63) is 22.4 Å². The van der Waals surface area contributed by atoms with E-state index in [1.165, 1.54) is 0 Å². The van der Waals surface area contributed by atoms with Gasteiger partial charge in [-0.15, -0.1) is 0 Å². The summed E-state index contributed by atoms with van der Waals surface area (Å²) in [5.74, 6) is -0.0134. The highest BCUT2D eigenvalue weighted by Crippen LogP contribution is 2.20. The monoisotopic (exact) mass is 328 g/mol. The van der Waals surface area contributed by atoms with Gasteiger partial charge in [0.15, 0.2) is 0 Å². The molecule has 0 unspecified atom stereocenters. The number of carbonyl (C=O) groups is 1. The van der Waals surface area contributed by atoms with E-state index in [4.69, 9.17) is 0 Å². The van der Waals surface area contributed by atoms with Crippen LogP contribution in [0, 0.1) is 0 Å². The number of amides is 1. The first-order chi connectivity index (χ1) is 9.10. The summed E-state index contributed by atoms with van der Waals surface area (Å²) in [6.45, 7) is 2.94. The molecule has 0 bridgehead atoms. The van der Waals surface area contributed by atoms with E-state index < -0.39 is 0 Å². The van der Waals surface area contributed by atoms with Crippen molar-refractivity contribution in [2.75, 3.05) is 0 Å². The molecule has 0 aliphatic heterocycles. The van der Waals surface area contributed by atoms with Crippen LogP contribution in [0.15, 0.2) is 16.7 Å². The van der Waals surface area contributed by atoms with E-state index in [2.05, 4.69) is 28.2 Å². The Morgan fingerprint density at radius 2 is 2.16 bits per heavy atom. The zero-order valence-electron chi connectivity index (χ0n) is 11.2. The van der Waals surface area contributed by atoms with Crippen molar-refractivity contribution in [1.82, 2.24) is 9.88 Å². The first-order valence-corrected chi connectivity index (χ1v) is 7.74. The standard InChI is InChI=1S/C14H21BrN2O2/c1-2-7-17-9-10(15)8-13(17)14(19)16-11-3-5-12(18)6-4-11/h8-9,11-12,18H,2-7H2,1H3,(H,16,19). The third-order valence-corrected chi connectivity index (χ3v) is 4.03. The van der Waals surface area contributed by atoms with Crippen molar-refractivity contribution >= 4 is 21.8 Å². The van der Waals surface area contributed by atoms with Crippen LogP contribution in [-0.4, -0.2) is 27.7 Å².